The van der Waals surface area contributed by atoms with Gasteiger partial charge in [0.25, 0.3) is 0 Å². The molecule has 0 radical (unpaired) electrons. The summed E-state index contributed by atoms with van der Waals surface area (Å²) in [5.41, 5.74) is 3.46. The molecule has 0 aliphatic heterocycles. The summed E-state index contributed by atoms with van der Waals surface area (Å²) >= 11 is 0. The second-order valence-corrected chi connectivity index (χ2v) is 7.05. The first-order valence-corrected chi connectivity index (χ1v) is 6.29. The van der Waals surface area contributed by atoms with Crippen molar-refractivity contribution in [2.45, 2.75) is 72.1 Å². The third-order valence-electron chi connectivity index (χ3n) is 2.80. The SMILES string of the molecule is CC(C)c1nnnc(C(C)(C)C)c1C(C)(C)C. The summed E-state index contributed by atoms with van der Waals surface area (Å²) in [6, 6.07) is 0. The zero-order chi connectivity index (χ0) is 13.4. The molecule has 0 unspecified atom stereocenters. The number of aromatic nitrogens is 3. The van der Waals surface area contributed by atoms with Gasteiger partial charge in [-0.2, -0.15) is 0 Å². The Morgan fingerprint density at radius 2 is 1.35 bits per heavy atom. The molecule has 1 heterocycles. The van der Waals surface area contributed by atoms with E-state index in [4.69, 9.17) is 0 Å². The van der Waals surface area contributed by atoms with Crippen LogP contribution in [0.4, 0.5) is 0 Å². The van der Waals surface area contributed by atoms with Crippen LogP contribution in [0.1, 0.15) is 78.3 Å². The van der Waals surface area contributed by atoms with E-state index in [1.54, 1.807) is 0 Å². The molecule has 0 saturated heterocycles. The van der Waals surface area contributed by atoms with E-state index in [9.17, 15) is 0 Å². The van der Waals surface area contributed by atoms with E-state index >= 15 is 0 Å². The molecule has 0 aliphatic rings. The minimum atomic E-state index is 0.00218. The van der Waals surface area contributed by atoms with Crippen molar-refractivity contribution in [2.24, 2.45) is 0 Å². The predicted molar refractivity (Wildman–Crippen MR) is 71.3 cm³/mol. The van der Waals surface area contributed by atoms with Crippen molar-refractivity contribution >= 4 is 0 Å². The molecular weight excluding hydrogens is 210 g/mol. The van der Waals surface area contributed by atoms with Crippen molar-refractivity contribution in [3.05, 3.63) is 17.0 Å². The first kappa shape index (κ1) is 14.1. The molecule has 0 spiro atoms. The molecular formula is C14H25N3. The summed E-state index contributed by atoms with van der Waals surface area (Å²) in [5.74, 6) is 0.376. The van der Waals surface area contributed by atoms with Gasteiger partial charge in [0.1, 0.15) is 0 Å². The van der Waals surface area contributed by atoms with E-state index in [2.05, 4.69) is 70.8 Å². The Kier molecular flexibility index (Phi) is 3.60. The normalized spacial score (nSPS) is 13.2. The molecule has 0 bridgehead atoms. The third-order valence-corrected chi connectivity index (χ3v) is 2.80. The molecule has 0 aliphatic carbocycles. The summed E-state index contributed by atoms with van der Waals surface area (Å²) < 4.78 is 0. The lowest BCUT2D eigenvalue weighted by molar-refractivity contribution is 0.482. The van der Waals surface area contributed by atoms with Crippen LogP contribution in [0.25, 0.3) is 0 Å². The molecule has 96 valence electrons. The monoisotopic (exact) mass is 235 g/mol. The molecule has 17 heavy (non-hydrogen) atoms. The maximum absolute atomic E-state index is 4.30. The van der Waals surface area contributed by atoms with Gasteiger partial charge in [-0.05, 0) is 16.5 Å². The van der Waals surface area contributed by atoms with Gasteiger partial charge in [-0.15, -0.1) is 10.2 Å². The highest BCUT2D eigenvalue weighted by atomic mass is 15.3. The molecule has 3 nitrogen and oxygen atoms in total. The fourth-order valence-corrected chi connectivity index (χ4v) is 2.01. The molecule has 0 aromatic carbocycles. The van der Waals surface area contributed by atoms with E-state index in [0.29, 0.717) is 5.92 Å². The summed E-state index contributed by atoms with van der Waals surface area (Å²) in [6.07, 6.45) is 0. The summed E-state index contributed by atoms with van der Waals surface area (Å²) in [7, 11) is 0. The van der Waals surface area contributed by atoms with E-state index in [1.807, 2.05) is 0 Å². The van der Waals surface area contributed by atoms with Gasteiger partial charge < -0.3 is 0 Å². The minimum Gasteiger partial charge on any atom is -0.135 e. The number of nitrogens with zero attached hydrogens (tertiary/aromatic N) is 3. The molecule has 0 atom stereocenters. The zero-order valence-corrected chi connectivity index (χ0v) is 12.4. The van der Waals surface area contributed by atoms with Gasteiger partial charge in [0.2, 0.25) is 0 Å². The number of rotatable bonds is 1. The molecule has 0 N–H and O–H groups in total. The van der Waals surface area contributed by atoms with Crippen LogP contribution in [-0.2, 0) is 10.8 Å². The lowest BCUT2D eigenvalue weighted by atomic mass is 9.76. The average molecular weight is 235 g/mol. The van der Waals surface area contributed by atoms with E-state index in [0.717, 1.165) is 11.4 Å². The van der Waals surface area contributed by atoms with Gasteiger partial charge in [-0.25, -0.2) is 0 Å². The lowest BCUT2D eigenvalue weighted by Gasteiger charge is -2.30. The maximum Gasteiger partial charge on any atom is 0.0758 e. The summed E-state index contributed by atoms with van der Waals surface area (Å²) in [6.45, 7) is 17.5. The molecule has 1 aromatic heterocycles. The van der Waals surface area contributed by atoms with Crippen LogP contribution < -0.4 is 0 Å². The summed E-state index contributed by atoms with van der Waals surface area (Å²) in [5, 5.41) is 12.5. The Labute approximate surface area is 105 Å². The van der Waals surface area contributed by atoms with Crippen LogP contribution in [0.3, 0.4) is 0 Å². The van der Waals surface area contributed by atoms with Gasteiger partial charge in [0.05, 0.1) is 11.4 Å². The third kappa shape index (κ3) is 3.02. The molecule has 3 heteroatoms. The van der Waals surface area contributed by atoms with Crippen molar-refractivity contribution < 1.29 is 0 Å². The average Bonchev–Trinajstić information content (AvgIpc) is 2.13. The van der Waals surface area contributed by atoms with Crippen LogP contribution in [0.2, 0.25) is 0 Å². The van der Waals surface area contributed by atoms with Gasteiger partial charge in [-0.3, -0.25) is 0 Å². The molecule has 0 saturated carbocycles. The van der Waals surface area contributed by atoms with Crippen LogP contribution in [-0.4, -0.2) is 15.4 Å². The van der Waals surface area contributed by atoms with Crippen molar-refractivity contribution in [1.29, 1.82) is 0 Å². The second-order valence-electron chi connectivity index (χ2n) is 7.05. The highest BCUT2D eigenvalue weighted by Crippen LogP contribution is 2.35. The van der Waals surface area contributed by atoms with Gasteiger partial charge in [-0.1, -0.05) is 55.4 Å². The first-order chi connectivity index (χ1) is 7.55. The van der Waals surface area contributed by atoms with E-state index in [-0.39, 0.29) is 10.8 Å². The molecule has 1 aromatic rings. The zero-order valence-electron chi connectivity index (χ0n) is 12.4. The maximum atomic E-state index is 4.30. The fraction of sp³-hybridized carbons (Fsp3) is 0.786. The van der Waals surface area contributed by atoms with Crippen molar-refractivity contribution in [3.63, 3.8) is 0 Å². The van der Waals surface area contributed by atoms with Gasteiger partial charge in [0.15, 0.2) is 0 Å². The predicted octanol–water partition coefficient (Wildman–Crippen LogP) is 3.59. The largest absolute Gasteiger partial charge is 0.135 e. The topological polar surface area (TPSA) is 38.7 Å². The van der Waals surface area contributed by atoms with E-state index in [1.165, 1.54) is 5.56 Å². The number of hydrogen-bond acceptors (Lipinski definition) is 3. The Bertz CT molecular complexity index is 395. The Hall–Kier alpha value is -0.990. The van der Waals surface area contributed by atoms with Crippen LogP contribution >= 0.6 is 0 Å². The van der Waals surface area contributed by atoms with Crippen molar-refractivity contribution in [1.82, 2.24) is 15.4 Å². The molecule has 0 fully saturated rings. The fourth-order valence-electron chi connectivity index (χ4n) is 2.01. The first-order valence-electron chi connectivity index (χ1n) is 6.29. The quantitative estimate of drug-likeness (QED) is 0.746. The van der Waals surface area contributed by atoms with Gasteiger partial charge in [0, 0.05) is 11.0 Å². The Morgan fingerprint density at radius 1 is 0.824 bits per heavy atom. The second kappa shape index (κ2) is 4.35. The van der Waals surface area contributed by atoms with Crippen molar-refractivity contribution in [2.75, 3.05) is 0 Å². The Morgan fingerprint density at radius 3 is 1.71 bits per heavy atom. The van der Waals surface area contributed by atoms with Gasteiger partial charge >= 0.3 is 0 Å². The molecule has 1 rings (SSSR count). The van der Waals surface area contributed by atoms with Crippen LogP contribution in [0.15, 0.2) is 0 Å². The minimum absolute atomic E-state index is 0.00218. The Balaban J connectivity index is 3.58. The van der Waals surface area contributed by atoms with Crippen LogP contribution in [0.5, 0.6) is 0 Å². The molecule has 0 amide bonds. The smallest absolute Gasteiger partial charge is 0.0758 e. The number of hydrogen-bond donors (Lipinski definition) is 0. The highest BCUT2D eigenvalue weighted by Gasteiger charge is 2.31. The van der Waals surface area contributed by atoms with Crippen molar-refractivity contribution in [3.8, 4) is 0 Å². The standard InChI is InChI=1S/C14H25N3/c1-9(2)11-10(13(3,4)5)12(14(6,7)8)16-17-15-11/h9H,1-8H3. The van der Waals surface area contributed by atoms with E-state index < -0.39 is 0 Å². The summed E-state index contributed by atoms with van der Waals surface area (Å²) in [4.78, 5) is 0. The lowest BCUT2D eigenvalue weighted by Crippen LogP contribution is -2.27. The highest BCUT2D eigenvalue weighted by molar-refractivity contribution is 5.36. The van der Waals surface area contributed by atoms with Crippen LogP contribution in [0, 0.1) is 0 Å².